The Morgan fingerprint density at radius 1 is 1.16 bits per heavy atom. The number of nitrogens with one attached hydrogen (secondary N) is 2. The molecule has 25 heavy (non-hydrogen) atoms. The van der Waals surface area contributed by atoms with Crippen molar-refractivity contribution in [3.8, 4) is 0 Å². The van der Waals surface area contributed by atoms with Crippen molar-refractivity contribution in [2.45, 2.75) is 33.9 Å². The number of thiazole rings is 1. The molecular formula is C19H23N5S. The summed E-state index contributed by atoms with van der Waals surface area (Å²) in [6, 6.07) is 10.2. The van der Waals surface area contributed by atoms with Crippen molar-refractivity contribution in [1.82, 2.24) is 20.6 Å². The van der Waals surface area contributed by atoms with Crippen LogP contribution in [0.3, 0.4) is 0 Å². The molecule has 0 fully saturated rings. The molecule has 0 bridgehead atoms. The topological polar surface area (TPSA) is 62.2 Å². The van der Waals surface area contributed by atoms with Crippen molar-refractivity contribution >= 4 is 28.2 Å². The molecule has 6 heteroatoms. The Bertz CT molecular complexity index is 860. The van der Waals surface area contributed by atoms with Gasteiger partial charge in [0.05, 0.1) is 24.3 Å². The van der Waals surface area contributed by atoms with E-state index in [2.05, 4.69) is 40.5 Å². The zero-order chi connectivity index (χ0) is 17.6. The minimum atomic E-state index is 0.605. The van der Waals surface area contributed by atoms with Crippen molar-refractivity contribution in [2.24, 2.45) is 4.99 Å². The van der Waals surface area contributed by atoms with Gasteiger partial charge in [0.2, 0.25) is 0 Å². The molecule has 0 amide bonds. The molecule has 0 aliphatic heterocycles. The van der Waals surface area contributed by atoms with Crippen molar-refractivity contribution in [2.75, 3.05) is 6.54 Å². The molecule has 0 saturated heterocycles. The predicted molar refractivity (Wildman–Crippen MR) is 105 cm³/mol. The summed E-state index contributed by atoms with van der Waals surface area (Å²) in [5.74, 6) is 0.800. The molecule has 1 aromatic carbocycles. The van der Waals surface area contributed by atoms with E-state index in [1.807, 2.05) is 37.4 Å². The van der Waals surface area contributed by atoms with Gasteiger partial charge in [-0.15, -0.1) is 11.3 Å². The normalized spacial score (nSPS) is 11.7. The SMILES string of the molecule is CCNC(=NCc1ccnc2ccccc12)NCc1nc(C)c(C)s1. The van der Waals surface area contributed by atoms with Crippen LogP contribution in [0.4, 0.5) is 0 Å². The average Bonchev–Trinajstić information content (AvgIpc) is 2.95. The molecule has 2 aromatic heterocycles. The Labute approximate surface area is 152 Å². The van der Waals surface area contributed by atoms with Gasteiger partial charge < -0.3 is 10.6 Å². The number of aryl methyl sites for hydroxylation is 2. The average molecular weight is 353 g/mol. The lowest BCUT2D eigenvalue weighted by Gasteiger charge is -2.10. The van der Waals surface area contributed by atoms with Crippen LogP contribution >= 0.6 is 11.3 Å². The lowest BCUT2D eigenvalue weighted by molar-refractivity contribution is 0.810. The van der Waals surface area contributed by atoms with Gasteiger partial charge in [-0.05, 0) is 38.5 Å². The second kappa shape index (κ2) is 8.07. The fraction of sp³-hybridized carbons (Fsp3) is 0.316. The van der Waals surface area contributed by atoms with Gasteiger partial charge in [-0.2, -0.15) is 0 Å². The number of hydrogen-bond acceptors (Lipinski definition) is 4. The van der Waals surface area contributed by atoms with Gasteiger partial charge in [-0.3, -0.25) is 4.98 Å². The van der Waals surface area contributed by atoms with E-state index in [4.69, 9.17) is 4.99 Å². The highest BCUT2D eigenvalue weighted by molar-refractivity contribution is 7.11. The number of benzene rings is 1. The molecule has 5 nitrogen and oxygen atoms in total. The van der Waals surface area contributed by atoms with E-state index in [0.717, 1.165) is 34.1 Å². The molecule has 2 N–H and O–H groups in total. The summed E-state index contributed by atoms with van der Waals surface area (Å²) in [5, 5.41) is 8.89. The number of aromatic nitrogens is 2. The Morgan fingerprint density at radius 2 is 2.00 bits per heavy atom. The summed E-state index contributed by atoms with van der Waals surface area (Å²) in [7, 11) is 0. The highest BCUT2D eigenvalue weighted by Crippen LogP contribution is 2.17. The van der Waals surface area contributed by atoms with Crippen LogP contribution in [0.1, 0.15) is 28.1 Å². The number of para-hydroxylation sites is 1. The van der Waals surface area contributed by atoms with E-state index in [1.54, 1.807) is 11.3 Å². The lowest BCUT2D eigenvalue weighted by Crippen LogP contribution is -2.36. The molecule has 0 aliphatic carbocycles. The Morgan fingerprint density at radius 3 is 2.76 bits per heavy atom. The molecule has 0 unspecified atom stereocenters. The predicted octanol–water partition coefficient (Wildman–Crippen LogP) is 3.56. The van der Waals surface area contributed by atoms with Crippen LogP contribution in [0.5, 0.6) is 0 Å². The van der Waals surface area contributed by atoms with Crippen LogP contribution in [0.25, 0.3) is 10.9 Å². The summed E-state index contributed by atoms with van der Waals surface area (Å²) in [5.41, 5.74) is 3.28. The smallest absolute Gasteiger partial charge is 0.191 e. The number of pyridine rings is 1. The zero-order valence-corrected chi connectivity index (χ0v) is 15.7. The van der Waals surface area contributed by atoms with Crippen LogP contribution < -0.4 is 10.6 Å². The molecule has 0 spiro atoms. The molecule has 0 aliphatic rings. The van der Waals surface area contributed by atoms with Gasteiger partial charge in [-0.1, -0.05) is 18.2 Å². The number of nitrogens with zero attached hydrogens (tertiary/aromatic N) is 3. The van der Waals surface area contributed by atoms with E-state index in [0.29, 0.717) is 13.1 Å². The zero-order valence-electron chi connectivity index (χ0n) is 14.8. The van der Waals surface area contributed by atoms with Crippen LogP contribution in [-0.4, -0.2) is 22.5 Å². The van der Waals surface area contributed by atoms with Gasteiger partial charge in [0.25, 0.3) is 0 Å². The molecule has 3 aromatic rings. The molecule has 0 radical (unpaired) electrons. The van der Waals surface area contributed by atoms with Crippen LogP contribution in [0.2, 0.25) is 0 Å². The Balaban J connectivity index is 1.73. The first-order valence-electron chi connectivity index (χ1n) is 8.45. The van der Waals surface area contributed by atoms with E-state index in [1.165, 1.54) is 10.4 Å². The van der Waals surface area contributed by atoms with Crippen molar-refractivity contribution < 1.29 is 0 Å². The maximum Gasteiger partial charge on any atom is 0.191 e. The Hall–Kier alpha value is -2.47. The third-order valence-corrected chi connectivity index (χ3v) is 5.04. The van der Waals surface area contributed by atoms with Gasteiger partial charge in [0, 0.05) is 23.0 Å². The van der Waals surface area contributed by atoms with E-state index >= 15 is 0 Å². The summed E-state index contributed by atoms with van der Waals surface area (Å²) in [6.07, 6.45) is 1.84. The largest absolute Gasteiger partial charge is 0.357 e. The van der Waals surface area contributed by atoms with Gasteiger partial charge in [0.1, 0.15) is 5.01 Å². The third-order valence-electron chi connectivity index (χ3n) is 3.97. The summed E-state index contributed by atoms with van der Waals surface area (Å²) in [6.45, 7) is 8.32. The first-order valence-corrected chi connectivity index (χ1v) is 9.26. The minimum absolute atomic E-state index is 0.605. The maximum absolute atomic E-state index is 4.72. The summed E-state index contributed by atoms with van der Waals surface area (Å²) in [4.78, 5) is 15.0. The van der Waals surface area contributed by atoms with Crippen LogP contribution in [0.15, 0.2) is 41.5 Å². The fourth-order valence-corrected chi connectivity index (χ4v) is 3.45. The summed E-state index contributed by atoms with van der Waals surface area (Å²) < 4.78 is 0. The highest BCUT2D eigenvalue weighted by Gasteiger charge is 2.05. The maximum atomic E-state index is 4.72. The number of guanidine groups is 1. The third kappa shape index (κ3) is 4.33. The number of hydrogen-bond donors (Lipinski definition) is 2. The lowest BCUT2D eigenvalue weighted by atomic mass is 10.1. The van der Waals surface area contributed by atoms with Gasteiger partial charge in [0.15, 0.2) is 5.96 Å². The first kappa shape index (κ1) is 17.4. The van der Waals surface area contributed by atoms with E-state index in [-0.39, 0.29) is 0 Å². The molecule has 0 saturated carbocycles. The second-order valence-electron chi connectivity index (χ2n) is 5.79. The standard InChI is InChI=1S/C19H23N5S/c1-4-20-19(23-12-18-24-13(2)14(3)25-18)22-11-15-9-10-21-17-8-6-5-7-16(15)17/h5-10H,4,11-12H2,1-3H3,(H2,20,22,23). The number of fused-ring (bicyclic) bond motifs is 1. The molecule has 130 valence electrons. The molecular weight excluding hydrogens is 330 g/mol. The minimum Gasteiger partial charge on any atom is -0.357 e. The van der Waals surface area contributed by atoms with Gasteiger partial charge in [-0.25, -0.2) is 9.98 Å². The summed E-state index contributed by atoms with van der Waals surface area (Å²) >= 11 is 1.73. The van der Waals surface area contributed by atoms with Crippen molar-refractivity contribution in [1.29, 1.82) is 0 Å². The fourth-order valence-electron chi connectivity index (χ4n) is 2.57. The van der Waals surface area contributed by atoms with Crippen molar-refractivity contribution in [3.05, 3.63) is 57.7 Å². The van der Waals surface area contributed by atoms with Gasteiger partial charge >= 0.3 is 0 Å². The Kier molecular flexibility index (Phi) is 5.60. The van der Waals surface area contributed by atoms with E-state index < -0.39 is 0 Å². The monoisotopic (exact) mass is 353 g/mol. The quantitative estimate of drug-likeness (QED) is 0.544. The number of aliphatic imine (C=N–C) groups is 1. The number of rotatable bonds is 5. The van der Waals surface area contributed by atoms with Crippen LogP contribution in [-0.2, 0) is 13.1 Å². The molecule has 3 rings (SSSR count). The molecule has 0 atom stereocenters. The molecule has 2 heterocycles. The first-order chi connectivity index (χ1) is 12.2. The second-order valence-corrected chi connectivity index (χ2v) is 7.07. The van der Waals surface area contributed by atoms with Crippen molar-refractivity contribution in [3.63, 3.8) is 0 Å². The van der Waals surface area contributed by atoms with E-state index in [9.17, 15) is 0 Å². The highest BCUT2D eigenvalue weighted by atomic mass is 32.1. The van der Waals surface area contributed by atoms with Crippen LogP contribution in [0, 0.1) is 13.8 Å².